The lowest BCUT2D eigenvalue weighted by molar-refractivity contribution is 0.0119. The summed E-state index contributed by atoms with van der Waals surface area (Å²) in [6.07, 6.45) is -0.264. The van der Waals surface area contributed by atoms with Gasteiger partial charge in [0.2, 0.25) is 0 Å². The van der Waals surface area contributed by atoms with Crippen molar-refractivity contribution < 1.29 is 14.6 Å². The number of piperazine rings is 1. The normalized spacial score (nSPS) is 16.6. The Morgan fingerprint density at radius 2 is 1.46 bits per heavy atom. The molecule has 0 saturated carbocycles. The lowest BCUT2D eigenvalue weighted by Gasteiger charge is -2.40. The molecule has 2 aromatic carbocycles. The summed E-state index contributed by atoms with van der Waals surface area (Å²) in [7, 11) is 0. The Labute approximate surface area is 171 Å². The minimum Gasteiger partial charge on any atom is -0.508 e. The predicted octanol–water partition coefficient (Wildman–Crippen LogP) is 4.69. The number of phenolic OH excluding ortho intramolecular Hbond substituents is 1. The molecule has 5 nitrogen and oxygen atoms in total. The lowest BCUT2D eigenvalue weighted by Crippen LogP contribution is -2.51. The average molecular weight is 403 g/mol. The van der Waals surface area contributed by atoms with E-state index in [0.29, 0.717) is 18.1 Å². The SMILES string of the molecule is CC(C)(C)OC(=O)N1CCN(C(c2ccc(O)cc2)c2ccc(Cl)cc2)CC1. The summed E-state index contributed by atoms with van der Waals surface area (Å²) in [6.45, 7) is 8.31. The van der Waals surface area contributed by atoms with Gasteiger partial charge in [-0.15, -0.1) is 0 Å². The van der Waals surface area contributed by atoms with Gasteiger partial charge in [-0.1, -0.05) is 35.9 Å². The zero-order chi connectivity index (χ0) is 20.3. The maximum Gasteiger partial charge on any atom is 0.410 e. The minimum absolute atomic E-state index is 0.0265. The number of hydrogen-bond donors (Lipinski definition) is 1. The van der Waals surface area contributed by atoms with Crippen LogP contribution in [0.5, 0.6) is 5.75 Å². The second-order valence-electron chi connectivity index (χ2n) is 8.05. The molecule has 1 fully saturated rings. The van der Waals surface area contributed by atoms with E-state index in [-0.39, 0.29) is 17.9 Å². The summed E-state index contributed by atoms with van der Waals surface area (Å²) in [4.78, 5) is 16.5. The van der Waals surface area contributed by atoms with Crippen LogP contribution >= 0.6 is 11.6 Å². The number of aromatic hydroxyl groups is 1. The molecular formula is C22H27ClN2O3. The molecule has 1 unspecified atom stereocenters. The molecule has 28 heavy (non-hydrogen) atoms. The van der Waals surface area contributed by atoms with E-state index in [4.69, 9.17) is 16.3 Å². The second kappa shape index (κ2) is 8.41. The van der Waals surface area contributed by atoms with E-state index in [1.165, 1.54) is 0 Å². The maximum absolute atomic E-state index is 12.3. The molecule has 1 amide bonds. The predicted molar refractivity (Wildman–Crippen MR) is 111 cm³/mol. The average Bonchev–Trinajstić information content (AvgIpc) is 2.64. The van der Waals surface area contributed by atoms with Crippen molar-refractivity contribution >= 4 is 17.7 Å². The molecule has 0 bridgehead atoms. The van der Waals surface area contributed by atoms with Crippen LogP contribution in [0.25, 0.3) is 0 Å². The Balaban J connectivity index is 1.78. The third-order valence-corrected chi connectivity index (χ3v) is 4.98. The number of benzene rings is 2. The molecule has 0 spiro atoms. The van der Waals surface area contributed by atoms with E-state index >= 15 is 0 Å². The quantitative estimate of drug-likeness (QED) is 0.809. The van der Waals surface area contributed by atoms with Gasteiger partial charge >= 0.3 is 6.09 Å². The fraction of sp³-hybridized carbons (Fsp3) is 0.409. The highest BCUT2D eigenvalue weighted by Gasteiger charge is 2.30. The molecule has 1 N–H and O–H groups in total. The van der Waals surface area contributed by atoms with Gasteiger partial charge < -0.3 is 14.7 Å². The van der Waals surface area contributed by atoms with Crippen LogP contribution in [-0.2, 0) is 4.74 Å². The van der Waals surface area contributed by atoms with Crippen LogP contribution in [0.4, 0.5) is 4.79 Å². The highest BCUT2D eigenvalue weighted by atomic mass is 35.5. The van der Waals surface area contributed by atoms with Crippen molar-refractivity contribution in [1.29, 1.82) is 0 Å². The Bertz CT molecular complexity index is 747. The highest BCUT2D eigenvalue weighted by Crippen LogP contribution is 2.31. The van der Waals surface area contributed by atoms with Gasteiger partial charge in [0.05, 0.1) is 6.04 Å². The highest BCUT2D eigenvalue weighted by molar-refractivity contribution is 6.30. The standard InChI is InChI=1S/C22H27ClN2O3/c1-22(2,3)28-21(27)25-14-12-24(13-15-25)20(16-4-8-18(23)9-5-16)17-6-10-19(26)11-7-17/h4-11,20,26H,12-15H2,1-3H3. The first kappa shape index (κ1) is 20.5. The van der Waals surface area contributed by atoms with Crippen molar-refractivity contribution in [1.82, 2.24) is 9.80 Å². The van der Waals surface area contributed by atoms with Gasteiger partial charge in [-0.25, -0.2) is 4.79 Å². The first-order chi connectivity index (χ1) is 13.2. The summed E-state index contributed by atoms with van der Waals surface area (Å²) < 4.78 is 5.49. The smallest absolute Gasteiger partial charge is 0.410 e. The lowest BCUT2D eigenvalue weighted by atomic mass is 9.96. The van der Waals surface area contributed by atoms with Gasteiger partial charge in [-0.05, 0) is 56.2 Å². The molecule has 6 heteroatoms. The van der Waals surface area contributed by atoms with Crippen molar-refractivity contribution in [3.05, 3.63) is 64.7 Å². The molecule has 1 aliphatic rings. The Kier molecular flexibility index (Phi) is 6.16. The number of amides is 1. The van der Waals surface area contributed by atoms with Crippen LogP contribution in [0.3, 0.4) is 0 Å². The van der Waals surface area contributed by atoms with Gasteiger partial charge in [-0.3, -0.25) is 4.90 Å². The fourth-order valence-corrected chi connectivity index (χ4v) is 3.53. The number of ether oxygens (including phenoxy) is 1. The second-order valence-corrected chi connectivity index (χ2v) is 8.49. The summed E-state index contributed by atoms with van der Waals surface area (Å²) in [5.41, 5.74) is 1.72. The summed E-state index contributed by atoms with van der Waals surface area (Å²) in [5, 5.41) is 10.4. The Hall–Kier alpha value is -2.24. The first-order valence-corrected chi connectivity index (χ1v) is 9.87. The van der Waals surface area contributed by atoms with E-state index in [1.807, 2.05) is 57.2 Å². The molecular weight excluding hydrogens is 376 g/mol. The molecule has 3 rings (SSSR count). The van der Waals surface area contributed by atoms with Gasteiger partial charge in [0.15, 0.2) is 0 Å². The molecule has 1 saturated heterocycles. The fourth-order valence-electron chi connectivity index (χ4n) is 3.40. The summed E-state index contributed by atoms with van der Waals surface area (Å²) in [5.74, 6) is 0.244. The number of phenols is 1. The first-order valence-electron chi connectivity index (χ1n) is 9.49. The van der Waals surface area contributed by atoms with Gasteiger partial charge in [0, 0.05) is 31.2 Å². The largest absolute Gasteiger partial charge is 0.508 e. The number of nitrogens with zero attached hydrogens (tertiary/aromatic N) is 2. The van der Waals surface area contributed by atoms with Crippen LogP contribution in [0.1, 0.15) is 37.9 Å². The van der Waals surface area contributed by atoms with Crippen LogP contribution in [-0.4, -0.2) is 52.8 Å². The zero-order valence-corrected chi connectivity index (χ0v) is 17.3. The Morgan fingerprint density at radius 3 is 1.96 bits per heavy atom. The van der Waals surface area contributed by atoms with Gasteiger partial charge in [0.1, 0.15) is 11.4 Å². The number of carbonyl (C=O) groups is 1. The number of hydrogen-bond acceptors (Lipinski definition) is 4. The molecule has 150 valence electrons. The maximum atomic E-state index is 12.3. The Morgan fingerprint density at radius 1 is 0.964 bits per heavy atom. The van der Waals surface area contributed by atoms with Gasteiger partial charge in [-0.2, -0.15) is 0 Å². The number of carbonyl (C=O) groups excluding carboxylic acids is 1. The van der Waals surface area contributed by atoms with Crippen LogP contribution in [0.15, 0.2) is 48.5 Å². The van der Waals surface area contributed by atoms with Crippen LogP contribution < -0.4 is 0 Å². The van der Waals surface area contributed by atoms with Crippen LogP contribution in [0, 0.1) is 0 Å². The topological polar surface area (TPSA) is 53.0 Å². The molecule has 1 aliphatic heterocycles. The van der Waals surface area contributed by atoms with Gasteiger partial charge in [0.25, 0.3) is 0 Å². The minimum atomic E-state index is -0.494. The van der Waals surface area contributed by atoms with Crippen molar-refractivity contribution in [3.8, 4) is 5.75 Å². The third-order valence-electron chi connectivity index (χ3n) is 4.73. The monoisotopic (exact) mass is 402 g/mol. The molecule has 0 aromatic heterocycles. The van der Waals surface area contributed by atoms with E-state index in [1.54, 1.807) is 17.0 Å². The molecule has 2 aromatic rings. The van der Waals surface area contributed by atoms with Crippen molar-refractivity contribution in [2.24, 2.45) is 0 Å². The number of rotatable bonds is 3. The molecule has 1 heterocycles. The van der Waals surface area contributed by atoms with Crippen molar-refractivity contribution in [2.75, 3.05) is 26.2 Å². The van der Waals surface area contributed by atoms with E-state index in [9.17, 15) is 9.90 Å². The van der Waals surface area contributed by atoms with Crippen LogP contribution in [0.2, 0.25) is 5.02 Å². The zero-order valence-electron chi connectivity index (χ0n) is 16.6. The van der Waals surface area contributed by atoms with E-state index < -0.39 is 5.60 Å². The van der Waals surface area contributed by atoms with Crippen molar-refractivity contribution in [2.45, 2.75) is 32.4 Å². The summed E-state index contributed by atoms with van der Waals surface area (Å²) >= 11 is 6.07. The summed E-state index contributed by atoms with van der Waals surface area (Å²) in [6, 6.07) is 15.1. The van der Waals surface area contributed by atoms with E-state index in [2.05, 4.69) is 4.90 Å². The van der Waals surface area contributed by atoms with E-state index in [0.717, 1.165) is 24.2 Å². The number of halogens is 1. The molecule has 0 aliphatic carbocycles. The molecule has 0 radical (unpaired) electrons. The third kappa shape index (κ3) is 5.18. The van der Waals surface area contributed by atoms with Crippen molar-refractivity contribution in [3.63, 3.8) is 0 Å². The molecule has 1 atom stereocenters.